The molecule has 1 aromatic rings. The largest absolute Gasteiger partial charge is 0.387 e. The van der Waals surface area contributed by atoms with Crippen LogP contribution in [0.2, 0.25) is 0 Å². The Hall–Kier alpha value is -1.34. The second-order valence-electron chi connectivity index (χ2n) is 3.91. The number of hydrogen-bond acceptors (Lipinski definition) is 1. The summed E-state index contributed by atoms with van der Waals surface area (Å²) in [4.78, 5) is 0. The van der Waals surface area contributed by atoms with E-state index in [4.69, 9.17) is 0 Å². The summed E-state index contributed by atoms with van der Waals surface area (Å²) in [6.07, 6.45) is 3.31. The van der Waals surface area contributed by atoms with Gasteiger partial charge in [0, 0.05) is 5.92 Å². The Bertz CT molecular complexity index is 334. The van der Waals surface area contributed by atoms with Crippen molar-refractivity contribution in [2.45, 2.75) is 20.0 Å². The first-order valence-corrected chi connectivity index (χ1v) is 5.15. The smallest absolute Gasteiger partial charge is 0.0887 e. The second-order valence-corrected chi connectivity index (χ2v) is 3.91. The molecule has 1 aromatic carbocycles. The molecule has 2 atom stereocenters. The van der Waals surface area contributed by atoms with E-state index in [2.05, 4.69) is 6.58 Å². The fraction of sp³-hybridized carbons (Fsp3) is 0.286. The summed E-state index contributed by atoms with van der Waals surface area (Å²) in [6.45, 7) is 7.80. The highest BCUT2D eigenvalue weighted by atomic mass is 16.3. The highest BCUT2D eigenvalue weighted by Crippen LogP contribution is 2.24. The topological polar surface area (TPSA) is 20.2 Å². The molecule has 15 heavy (non-hydrogen) atoms. The van der Waals surface area contributed by atoms with Gasteiger partial charge in [-0.3, -0.25) is 0 Å². The molecule has 0 saturated heterocycles. The summed E-state index contributed by atoms with van der Waals surface area (Å²) in [5, 5.41) is 10.1. The van der Waals surface area contributed by atoms with Crippen molar-refractivity contribution in [3.8, 4) is 0 Å². The van der Waals surface area contributed by atoms with Crippen molar-refractivity contribution in [2.75, 3.05) is 0 Å². The summed E-state index contributed by atoms with van der Waals surface area (Å²) in [6, 6.07) is 9.67. The molecule has 0 aliphatic rings. The summed E-state index contributed by atoms with van der Waals surface area (Å²) >= 11 is 0. The standard InChI is InChI=1S/C14H18O/c1-4-12(10-11(2)3)14(15)13-8-6-5-7-9-13/h4-10,12,14-15H,1H2,2-3H3/t12-,14+/m0/s1. The van der Waals surface area contributed by atoms with Gasteiger partial charge in [-0.1, -0.05) is 48.1 Å². The van der Waals surface area contributed by atoms with E-state index in [-0.39, 0.29) is 5.92 Å². The van der Waals surface area contributed by atoms with E-state index in [9.17, 15) is 5.11 Å². The summed E-state index contributed by atoms with van der Waals surface area (Å²) < 4.78 is 0. The maximum atomic E-state index is 10.1. The van der Waals surface area contributed by atoms with Crippen LogP contribution in [0.4, 0.5) is 0 Å². The normalized spacial score (nSPS) is 14.1. The fourth-order valence-electron chi connectivity index (χ4n) is 1.55. The molecule has 0 bridgehead atoms. The fourth-order valence-corrected chi connectivity index (χ4v) is 1.55. The Morgan fingerprint density at radius 3 is 2.33 bits per heavy atom. The molecule has 0 fully saturated rings. The van der Waals surface area contributed by atoms with E-state index in [1.54, 1.807) is 6.08 Å². The van der Waals surface area contributed by atoms with Gasteiger partial charge in [0.15, 0.2) is 0 Å². The van der Waals surface area contributed by atoms with Crippen molar-refractivity contribution in [3.63, 3.8) is 0 Å². The molecular formula is C14H18O. The Balaban J connectivity index is 2.87. The minimum Gasteiger partial charge on any atom is -0.387 e. The Kier molecular flexibility index (Phi) is 4.32. The lowest BCUT2D eigenvalue weighted by molar-refractivity contribution is 0.151. The van der Waals surface area contributed by atoms with E-state index >= 15 is 0 Å². The van der Waals surface area contributed by atoms with Gasteiger partial charge in [0.2, 0.25) is 0 Å². The molecular weight excluding hydrogens is 184 g/mol. The number of rotatable bonds is 4. The number of aliphatic hydroxyl groups is 1. The van der Waals surface area contributed by atoms with Gasteiger partial charge in [-0.25, -0.2) is 0 Å². The quantitative estimate of drug-likeness (QED) is 0.741. The lowest BCUT2D eigenvalue weighted by atomic mass is 9.94. The van der Waals surface area contributed by atoms with Gasteiger partial charge in [0.1, 0.15) is 0 Å². The van der Waals surface area contributed by atoms with Gasteiger partial charge in [0.05, 0.1) is 6.10 Å². The second kappa shape index (κ2) is 5.52. The number of hydrogen-bond donors (Lipinski definition) is 1. The van der Waals surface area contributed by atoms with Gasteiger partial charge in [-0.15, -0.1) is 6.58 Å². The van der Waals surface area contributed by atoms with Crippen molar-refractivity contribution in [3.05, 3.63) is 60.2 Å². The molecule has 0 aliphatic heterocycles. The third kappa shape index (κ3) is 3.37. The van der Waals surface area contributed by atoms with Crippen molar-refractivity contribution >= 4 is 0 Å². The zero-order valence-electron chi connectivity index (χ0n) is 9.35. The lowest BCUT2D eigenvalue weighted by Gasteiger charge is -2.17. The van der Waals surface area contributed by atoms with Crippen molar-refractivity contribution < 1.29 is 5.11 Å². The molecule has 0 radical (unpaired) electrons. The van der Waals surface area contributed by atoms with Crippen LogP contribution in [0.1, 0.15) is 25.5 Å². The summed E-state index contributed by atoms with van der Waals surface area (Å²) in [7, 11) is 0. The van der Waals surface area contributed by atoms with E-state index in [1.807, 2.05) is 50.3 Å². The van der Waals surface area contributed by atoms with E-state index in [1.165, 1.54) is 5.57 Å². The predicted octanol–water partition coefficient (Wildman–Crippen LogP) is 3.49. The van der Waals surface area contributed by atoms with Crippen LogP contribution in [0.5, 0.6) is 0 Å². The predicted molar refractivity (Wildman–Crippen MR) is 64.5 cm³/mol. The van der Waals surface area contributed by atoms with Crippen LogP contribution in [-0.2, 0) is 0 Å². The highest BCUT2D eigenvalue weighted by Gasteiger charge is 2.14. The average Bonchev–Trinajstić information content (AvgIpc) is 2.26. The van der Waals surface area contributed by atoms with Crippen LogP contribution in [0.3, 0.4) is 0 Å². The first kappa shape index (κ1) is 11.7. The van der Waals surface area contributed by atoms with Crippen molar-refractivity contribution in [1.82, 2.24) is 0 Å². The van der Waals surface area contributed by atoms with Crippen molar-refractivity contribution in [2.24, 2.45) is 5.92 Å². The van der Waals surface area contributed by atoms with Crippen LogP contribution in [-0.4, -0.2) is 5.11 Å². The molecule has 0 amide bonds. The molecule has 80 valence electrons. The van der Waals surface area contributed by atoms with Gasteiger partial charge >= 0.3 is 0 Å². The SMILES string of the molecule is C=C[C@@H](C=C(C)C)[C@@H](O)c1ccccc1. The van der Waals surface area contributed by atoms with Crippen LogP contribution >= 0.6 is 0 Å². The van der Waals surface area contributed by atoms with Crippen molar-refractivity contribution in [1.29, 1.82) is 0 Å². The number of aliphatic hydroxyl groups excluding tert-OH is 1. The third-order valence-corrected chi connectivity index (χ3v) is 2.30. The molecule has 0 heterocycles. The Morgan fingerprint density at radius 2 is 1.87 bits per heavy atom. The zero-order valence-corrected chi connectivity index (χ0v) is 9.35. The molecule has 1 nitrogen and oxygen atoms in total. The molecule has 0 aliphatic carbocycles. The van der Waals surface area contributed by atoms with Crippen LogP contribution in [0, 0.1) is 5.92 Å². The minimum absolute atomic E-state index is 0.0163. The Morgan fingerprint density at radius 1 is 1.27 bits per heavy atom. The van der Waals surface area contributed by atoms with E-state index < -0.39 is 6.10 Å². The van der Waals surface area contributed by atoms with Gasteiger partial charge in [0.25, 0.3) is 0 Å². The zero-order chi connectivity index (χ0) is 11.3. The molecule has 0 saturated carbocycles. The molecule has 0 aromatic heterocycles. The molecule has 0 spiro atoms. The van der Waals surface area contributed by atoms with Crippen LogP contribution in [0.25, 0.3) is 0 Å². The molecule has 0 unspecified atom stereocenters. The maximum Gasteiger partial charge on any atom is 0.0887 e. The summed E-state index contributed by atoms with van der Waals surface area (Å²) in [5.41, 5.74) is 2.12. The lowest BCUT2D eigenvalue weighted by Crippen LogP contribution is -2.08. The molecule has 1 heteroatoms. The minimum atomic E-state index is -0.501. The van der Waals surface area contributed by atoms with E-state index in [0.29, 0.717) is 0 Å². The monoisotopic (exact) mass is 202 g/mol. The number of allylic oxidation sites excluding steroid dienone is 1. The Labute approximate surface area is 91.8 Å². The summed E-state index contributed by atoms with van der Waals surface area (Å²) in [5.74, 6) is -0.0163. The van der Waals surface area contributed by atoms with Gasteiger partial charge < -0.3 is 5.11 Å². The van der Waals surface area contributed by atoms with Crippen LogP contribution in [0.15, 0.2) is 54.6 Å². The highest BCUT2D eigenvalue weighted by molar-refractivity contribution is 5.21. The van der Waals surface area contributed by atoms with Gasteiger partial charge in [-0.05, 0) is 19.4 Å². The van der Waals surface area contributed by atoms with Gasteiger partial charge in [-0.2, -0.15) is 0 Å². The molecule has 1 N–H and O–H groups in total. The third-order valence-electron chi connectivity index (χ3n) is 2.30. The van der Waals surface area contributed by atoms with Crippen LogP contribution < -0.4 is 0 Å². The number of benzene rings is 1. The molecule has 1 rings (SSSR count). The first-order chi connectivity index (χ1) is 7.15. The van der Waals surface area contributed by atoms with E-state index in [0.717, 1.165) is 5.56 Å². The first-order valence-electron chi connectivity index (χ1n) is 5.15. The average molecular weight is 202 g/mol. The maximum absolute atomic E-state index is 10.1.